The molecule has 0 atom stereocenters. The average Bonchev–Trinajstić information content (AvgIpc) is 2.38. The molecule has 0 saturated heterocycles. The lowest BCUT2D eigenvalue weighted by Crippen LogP contribution is -2.01. The Morgan fingerprint density at radius 3 is 2.35 bits per heavy atom. The highest BCUT2D eigenvalue weighted by molar-refractivity contribution is 6.31. The van der Waals surface area contributed by atoms with Crippen LogP contribution in [0.15, 0.2) is 48.5 Å². The van der Waals surface area contributed by atoms with Crippen LogP contribution in [0.4, 0.5) is 0 Å². The van der Waals surface area contributed by atoms with Gasteiger partial charge in [0, 0.05) is 16.1 Å². The molecule has 3 heteroatoms. The third-order valence-corrected chi connectivity index (χ3v) is 2.58. The van der Waals surface area contributed by atoms with Gasteiger partial charge in [-0.25, -0.2) is 0 Å². The number of halogens is 1. The minimum Gasteiger partial charge on any atom is -0.289 e. The lowest BCUT2D eigenvalue weighted by molar-refractivity contribution is 0.103. The molecule has 0 radical (unpaired) electrons. The molecule has 0 spiro atoms. The standard InChI is InChI=1S/C14H8ClNO/c15-13-6-2-5-12(8-13)14(17)11-4-1-3-10(7-11)9-16/h1-8H. The topological polar surface area (TPSA) is 40.9 Å². The van der Waals surface area contributed by atoms with Crippen molar-refractivity contribution in [2.45, 2.75) is 0 Å². The summed E-state index contributed by atoms with van der Waals surface area (Å²) in [7, 11) is 0. The van der Waals surface area contributed by atoms with E-state index < -0.39 is 0 Å². The number of hydrogen-bond acceptors (Lipinski definition) is 2. The SMILES string of the molecule is N#Cc1cccc(C(=O)c2cccc(Cl)c2)c1. The summed E-state index contributed by atoms with van der Waals surface area (Å²) in [6.07, 6.45) is 0. The highest BCUT2D eigenvalue weighted by atomic mass is 35.5. The summed E-state index contributed by atoms with van der Waals surface area (Å²) in [4.78, 5) is 12.1. The number of carbonyl (C=O) groups is 1. The van der Waals surface area contributed by atoms with E-state index >= 15 is 0 Å². The van der Waals surface area contributed by atoms with Gasteiger partial charge in [-0.05, 0) is 24.3 Å². The van der Waals surface area contributed by atoms with Gasteiger partial charge in [-0.15, -0.1) is 0 Å². The largest absolute Gasteiger partial charge is 0.289 e. The molecule has 0 aliphatic carbocycles. The van der Waals surface area contributed by atoms with E-state index in [9.17, 15) is 4.79 Å². The third-order valence-electron chi connectivity index (χ3n) is 2.34. The van der Waals surface area contributed by atoms with Crippen LogP contribution < -0.4 is 0 Å². The molecule has 0 unspecified atom stereocenters. The fourth-order valence-corrected chi connectivity index (χ4v) is 1.72. The lowest BCUT2D eigenvalue weighted by atomic mass is 10.0. The van der Waals surface area contributed by atoms with Gasteiger partial charge in [0.1, 0.15) is 0 Å². The van der Waals surface area contributed by atoms with E-state index in [-0.39, 0.29) is 5.78 Å². The summed E-state index contributed by atoms with van der Waals surface area (Å²) in [5.41, 5.74) is 1.48. The molecule has 0 N–H and O–H groups in total. The fourth-order valence-electron chi connectivity index (χ4n) is 1.53. The first-order valence-corrected chi connectivity index (χ1v) is 5.39. The highest BCUT2D eigenvalue weighted by Gasteiger charge is 2.09. The van der Waals surface area contributed by atoms with Crippen molar-refractivity contribution in [3.63, 3.8) is 0 Å². The summed E-state index contributed by atoms with van der Waals surface area (Å²) >= 11 is 5.83. The van der Waals surface area contributed by atoms with Crippen LogP contribution in [0.25, 0.3) is 0 Å². The van der Waals surface area contributed by atoms with Crippen molar-refractivity contribution < 1.29 is 4.79 Å². The predicted molar refractivity (Wildman–Crippen MR) is 66.0 cm³/mol. The van der Waals surface area contributed by atoms with Gasteiger partial charge in [-0.3, -0.25) is 4.79 Å². The minimum atomic E-state index is -0.135. The molecular weight excluding hydrogens is 234 g/mol. The van der Waals surface area contributed by atoms with Crippen LogP contribution >= 0.6 is 11.6 Å². The quantitative estimate of drug-likeness (QED) is 0.756. The van der Waals surface area contributed by atoms with Crippen molar-refractivity contribution in [1.29, 1.82) is 5.26 Å². The second kappa shape index (κ2) is 4.82. The number of rotatable bonds is 2. The molecule has 0 bridgehead atoms. The summed E-state index contributed by atoms with van der Waals surface area (Å²) in [5.74, 6) is -0.135. The normalized spacial score (nSPS) is 9.65. The van der Waals surface area contributed by atoms with E-state index in [1.165, 1.54) is 0 Å². The van der Waals surface area contributed by atoms with Crippen LogP contribution in [-0.2, 0) is 0 Å². The summed E-state index contributed by atoms with van der Waals surface area (Å²) in [6.45, 7) is 0. The zero-order valence-electron chi connectivity index (χ0n) is 8.85. The molecule has 2 nitrogen and oxygen atoms in total. The van der Waals surface area contributed by atoms with Crippen LogP contribution in [0.3, 0.4) is 0 Å². The Morgan fingerprint density at radius 1 is 1.06 bits per heavy atom. The monoisotopic (exact) mass is 241 g/mol. The predicted octanol–water partition coefficient (Wildman–Crippen LogP) is 3.44. The van der Waals surface area contributed by atoms with Gasteiger partial charge >= 0.3 is 0 Å². The molecule has 2 aromatic rings. The Hall–Kier alpha value is -2.11. The Morgan fingerprint density at radius 2 is 1.71 bits per heavy atom. The molecule has 82 valence electrons. The van der Waals surface area contributed by atoms with Gasteiger partial charge in [0.2, 0.25) is 0 Å². The van der Waals surface area contributed by atoms with Crippen molar-refractivity contribution in [2.24, 2.45) is 0 Å². The van der Waals surface area contributed by atoms with E-state index in [0.29, 0.717) is 21.7 Å². The maximum absolute atomic E-state index is 12.1. The first-order chi connectivity index (χ1) is 8.20. The van der Waals surface area contributed by atoms with E-state index in [1.807, 2.05) is 6.07 Å². The van der Waals surface area contributed by atoms with E-state index in [4.69, 9.17) is 16.9 Å². The van der Waals surface area contributed by atoms with Gasteiger partial charge < -0.3 is 0 Å². The van der Waals surface area contributed by atoms with E-state index in [1.54, 1.807) is 48.5 Å². The van der Waals surface area contributed by atoms with Gasteiger partial charge in [0.15, 0.2) is 5.78 Å². The van der Waals surface area contributed by atoms with Crippen molar-refractivity contribution in [1.82, 2.24) is 0 Å². The van der Waals surface area contributed by atoms with Gasteiger partial charge in [-0.1, -0.05) is 35.9 Å². The molecular formula is C14H8ClNO. The van der Waals surface area contributed by atoms with Crippen LogP contribution in [0.1, 0.15) is 21.5 Å². The number of carbonyl (C=O) groups excluding carboxylic acids is 1. The maximum Gasteiger partial charge on any atom is 0.193 e. The average molecular weight is 242 g/mol. The molecule has 0 heterocycles. The number of hydrogen-bond donors (Lipinski definition) is 0. The molecule has 0 aliphatic rings. The molecule has 0 fully saturated rings. The smallest absolute Gasteiger partial charge is 0.193 e. The second-order valence-corrected chi connectivity index (χ2v) is 3.97. The molecule has 0 amide bonds. The Kier molecular flexibility index (Phi) is 3.22. The molecule has 2 aromatic carbocycles. The van der Waals surface area contributed by atoms with Gasteiger partial charge in [0.05, 0.1) is 11.6 Å². The second-order valence-electron chi connectivity index (χ2n) is 3.53. The molecule has 17 heavy (non-hydrogen) atoms. The van der Waals surface area contributed by atoms with Crippen molar-refractivity contribution in [3.8, 4) is 6.07 Å². The Bertz CT molecular complexity index is 614. The Balaban J connectivity index is 2.41. The van der Waals surface area contributed by atoms with Crippen LogP contribution in [0.5, 0.6) is 0 Å². The summed E-state index contributed by atoms with van der Waals surface area (Å²) < 4.78 is 0. The fraction of sp³-hybridized carbons (Fsp3) is 0. The number of benzene rings is 2. The Labute approximate surface area is 104 Å². The molecule has 0 aliphatic heterocycles. The first kappa shape index (κ1) is 11.4. The zero-order chi connectivity index (χ0) is 12.3. The van der Waals surface area contributed by atoms with Crippen LogP contribution in [0.2, 0.25) is 5.02 Å². The van der Waals surface area contributed by atoms with Crippen molar-refractivity contribution in [3.05, 3.63) is 70.2 Å². The number of ketones is 1. The van der Waals surface area contributed by atoms with Crippen LogP contribution in [-0.4, -0.2) is 5.78 Å². The highest BCUT2D eigenvalue weighted by Crippen LogP contribution is 2.15. The minimum absolute atomic E-state index is 0.135. The first-order valence-electron chi connectivity index (χ1n) is 5.01. The zero-order valence-corrected chi connectivity index (χ0v) is 9.61. The van der Waals surface area contributed by atoms with E-state index in [2.05, 4.69) is 0 Å². The number of nitrogens with zero attached hydrogens (tertiary/aromatic N) is 1. The molecule has 0 aromatic heterocycles. The molecule has 0 saturated carbocycles. The van der Waals surface area contributed by atoms with Gasteiger partial charge in [0.25, 0.3) is 0 Å². The third kappa shape index (κ3) is 2.52. The number of nitriles is 1. The van der Waals surface area contributed by atoms with Gasteiger partial charge in [-0.2, -0.15) is 5.26 Å². The van der Waals surface area contributed by atoms with Crippen LogP contribution in [0, 0.1) is 11.3 Å². The van der Waals surface area contributed by atoms with Crippen molar-refractivity contribution in [2.75, 3.05) is 0 Å². The van der Waals surface area contributed by atoms with E-state index in [0.717, 1.165) is 0 Å². The molecule has 2 rings (SSSR count). The summed E-state index contributed by atoms with van der Waals surface area (Å²) in [5, 5.41) is 9.30. The van der Waals surface area contributed by atoms with Crippen molar-refractivity contribution >= 4 is 17.4 Å². The lowest BCUT2D eigenvalue weighted by Gasteiger charge is -2.01. The summed E-state index contributed by atoms with van der Waals surface area (Å²) in [6, 6.07) is 15.4. The maximum atomic E-state index is 12.1.